The Morgan fingerprint density at radius 1 is 1.45 bits per heavy atom. The maximum absolute atomic E-state index is 11.9. The predicted molar refractivity (Wildman–Crippen MR) is 78.9 cm³/mol. The van der Waals surface area contributed by atoms with Gasteiger partial charge in [0.1, 0.15) is 0 Å². The number of hydrogen-bond donors (Lipinski definition) is 2. The molecular formula is C13H17N3O3S. The van der Waals surface area contributed by atoms with E-state index in [1.165, 1.54) is 12.1 Å². The van der Waals surface area contributed by atoms with Crippen LogP contribution in [0.4, 0.5) is 5.69 Å². The van der Waals surface area contributed by atoms with Crippen LogP contribution in [0.3, 0.4) is 0 Å². The molecule has 7 heteroatoms. The van der Waals surface area contributed by atoms with E-state index >= 15 is 0 Å². The van der Waals surface area contributed by atoms with Crippen LogP contribution in [0.15, 0.2) is 24.3 Å². The molecule has 20 heavy (non-hydrogen) atoms. The number of nitro groups is 1. The molecule has 1 aliphatic heterocycles. The molecule has 0 spiro atoms. The minimum atomic E-state index is -0.419. The first-order valence-corrected chi connectivity index (χ1v) is 7.64. The highest BCUT2D eigenvalue weighted by atomic mass is 32.2. The summed E-state index contributed by atoms with van der Waals surface area (Å²) in [5, 5.41) is 16.6. The summed E-state index contributed by atoms with van der Waals surface area (Å²) < 4.78 is 0. The van der Waals surface area contributed by atoms with Gasteiger partial charge in [-0.1, -0.05) is 12.1 Å². The van der Waals surface area contributed by atoms with Crippen LogP contribution in [0, 0.1) is 10.1 Å². The maximum atomic E-state index is 11.9. The van der Waals surface area contributed by atoms with Crippen LogP contribution in [-0.4, -0.2) is 41.5 Å². The van der Waals surface area contributed by atoms with E-state index in [9.17, 15) is 14.9 Å². The number of thioether (sulfide) groups is 1. The number of nitrogens with zero attached hydrogens (tertiary/aromatic N) is 1. The second-order valence-electron chi connectivity index (χ2n) is 4.55. The molecular weight excluding hydrogens is 278 g/mol. The number of hydrogen-bond acceptors (Lipinski definition) is 5. The Morgan fingerprint density at radius 2 is 2.20 bits per heavy atom. The molecule has 0 bridgehead atoms. The van der Waals surface area contributed by atoms with Gasteiger partial charge in [0.15, 0.2) is 0 Å². The van der Waals surface area contributed by atoms with Gasteiger partial charge >= 0.3 is 0 Å². The standard InChI is InChI=1S/C13H17N3O3S/c17-13(12-9-20-8-7-14-12)15-6-5-10-1-3-11(4-2-10)16(18)19/h1-4,12,14H,5-9H2,(H,15,17). The van der Waals surface area contributed by atoms with Crippen molar-refractivity contribution < 1.29 is 9.72 Å². The van der Waals surface area contributed by atoms with Crippen LogP contribution in [0.5, 0.6) is 0 Å². The third kappa shape index (κ3) is 4.21. The summed E-state index contributed by atoms with van der Waals surface area (Å²) in [7, 11) is 0. The SMILES string of the molecule is O=C(NCCc1ccc([N+](=O)[O-])cc1)C1CSCCN1. The number of carbonyl (C=O) groups excluding carboxylic acids is 1. The molecule has 0 saturated carbocycles. The Kier molecular flexibility index (Phi) is 5.37. The second kappa shape index (κ2) is 7.25. The number of nitro benzene ring substituents is 1. The molecule has 1 saturated heterocycles. The van der Waals surface area contributed by atoms with E-state index in [2.05, 4.69) is 10.6 Å². The van der Waals surface area contributed by atoms with E-state index in [-0.39, 0.29) is 17.6 Å². The van der Waals surface area contributed by atoms with Gasteiger partial charge in [-0.15, -0.1) is 0 Å². The van der Waals surface area contributed by atoms with Crippen molar-refractivity contribution >= 4 is 23.4 Å². The van der Waals surface area contributed by atoms with Crippen LogP contribution in [0.1, 0.15) is 5.56 Å². The largest absolute Gasteiger partial charge is 0.354 e. The average Bonchev–Trinajstić information content (AvgIpc) is 2.48. The number of benzene rings is 1. The fraction of sp³-hybridized carbons (Fsp3) is 0.462. The first-order chi connectivity index (χ1) is 9.66. The van der Waals surface area contributed by atoms with Crippen LogP contribution in [-0.2, 0) is 11.2 Å². The number of carbonyl (C=O) groups is 1. The summed E-state index contributed by atoms with van der Waals surface area (Å²) in [6.07, 6.45) is 0.670. The van der Waals surface area contributed by atoms with Crippen molar-refractivity contribution in [1.29, 1.82) is 0 Å². The van der Waals surface area contributed by atoms with Crippen LogP contribution < -0.4 is 10.6 Å². The topological polar surface area (TPSA) is 84.3 Å². The molecule has 6 nitrogen and oxygen atoms in total. The van der Waals surface area contributed by atoms with E-state index in [4.69, 9.17) is 0 Å². The Labute approximate surface area is 121 Å². The monoisotopic (exact) mass is 295 g/mol. The third-order valence-electron chi connectivity index (χ3n) is 3.10. The van der Waals surface area contributed by atoms with Gasteiger partial charge < -0.3 is 10.6 Å². The maximum Gasteiger partial charge on any atom is 0.269 e. The first-order valence-electron chi connectivity index (χ1n) is 6.49. The summed E-state index contributed by atoms with van der Waals surface area (Å²) in [4.78, 5) is 22.0. The van der Waals surface area contributed by atoms with Gasteiger partial charge in [-0.2, -0.15) is 11.8 Å². The van der Waals surface area contributed by atoms with Gasteiger partial charge in [-0.25, -0.2) is 0 Å². The molecule has 0 radical (unpaired) electrons. The highest BCUT2D eigenvalue weighted by Crippen LogP contribution is 2.12. The molecule has 0 aromatic heterocycles. The van der Waals surface area contributed by atoms with Crippen molar-refractivity contribution in [3.8, 4) is 0 Å². The quantitative estimate of drug-likeness (QED) is 0.624. The Balaban J connectivity index is 1.74. The molecule has 1 heterocycles. The lowest BCUT2D eigenvalue weighted by molar-refractivity contribution is -0.384. The molecule has 1 aromatic rings. The van der Waals surface area contributed by atoms with Crippen LogP contribution in [0.25, 0.3) is 0 Å². The van der Waals surface area contributed by atoms with E-state index < -0.39 is 4.92 Å². The number of amides is 1. The van der Waals surface area contributed by atoms with Gasteiger partial charge in [-0.3, -0.25) is 14.9 Å². The van der Waals surface area contributed by atoms with Gasteiger partial charge in [0, 0.05) is 36.7 Å². The van der Waals surface area contributed by atoms with Crippen molar-refractivity contribution in [2.45, 2.75) is 12.5 Å². The van der Waals surface area contributed by atoms with Crippen molar-refractivity contribution in [3.05, 3.63) is 39.9 Å². The van der Waals surface area contributed by atoms with E-state index in [1.54, 1.807) is 23.9 Å². The van der Waals surface area contributed by atoms with Gasteiger partial charge in [0.2, 0.25) is 5.91 Å². The molecule has 1 fully saturated rings. The van der Waals surface area contributed by atoms with Gasteiger partial charge in [0.25, 0.3) is 5.69 Å². The fourth-order valence-electron chi connectivity index (χ4n) is 1.97. The lowest BCUT2D eigenvalue weighted by Gasteiger charge is -2.22. The molecule has 1 amide bonds. The second-order valence-corrected chi connectivity index (χ2v) is 5.70. The summed E-state index contributed by atoms with van der Waals surface area (Å²) >= 11 is 1.78. The highest BCUT2D eigenvalue weighted by Gasteiger charge is 2.20. The molecule has 0 aliphatic carbocycles. The molecule has 108 valence electrons. The van der Waals surface area contributed by atoms with E-state index in [0.717, 1.165) is 23.6 Å². The summed E-state index contributed by atoms with van der Waals surface area (Å²) in [6, 6.07) is 6.30. The van der Waals surface area contributed by atoms with Crippen molar-refractivity contribution in [3.63, 3.8) is 0 Å². The Bertz CT molecular complexity index is 472. The minimum Gasteiger partial charge on any atom is -0.354 e. The fourth-order valence-corrected chi connectivity index (χ4v) is 2.91. The van der Waals surface area contributed by atoms with E-state index in [1.807, 2.05) is 0 Å². The Hall–Kier alpha value is -1.60. The summed E-state index contributed by atoms with van der Waals surface area (Å²) in [5.41, 5.74) is 1.06. The highest BCUT2D eigenvalue weighted by molar-refractivity contribution is 7.99. The summed E-state index contributed by atoms with van der Waals surface area (Å²) in [6.45, 7) is 1.41. The predicted octanol–water partition coefficient (Wildman–Crippen LogP) is 0.958. The average molecular weight is 295 g/mol. The molecule has 1 aliphatic rings. The normalized spacial score (nSPS) is 18.5. The molecule has 1 aromatic carbocycles. The number of rotatable bonds is 5. The minimum absolute atomic E-state index is 0.0270. The first kappa shape index (κ1) is 14.8. The zero-order valence-corrected chi connectivity index (χ0v) is 11.8. The van der Waals surface area contributed by atoms with Crippen LogP contribution in [0.2, 0.25) is 0 Å². The van der Waals surface area contributed by atoms with Crippen LogP contribution >= 0.6 is 11.8 Å². The van der Waals surface area contributed by atoms with E-state index in [0.29, 0.717) is 13.0 Å². The van der Waals surface area contributed by atoms with Gasteiger partial charge in [-0.05, 0) is 12.0 Å². The van der Waals surface area contributed by atoms with Gasteiger partial charge in [0.05, 0.1) is 11.0 Å². The number of non-ortho nitro benzene ring substituents is 1. The molecule has 2 N–H and O–H groups in total. The lowest BCUT2D eigenvalue weighted by Crippen LogP contribution is -2.49. The smallest absolute Gasteiger partial charge is 0.269 e. The zero-order chi connectivity index (χ0) is 14.4. The number of nitrogens with one attached hydrogen (secondary N) is 2. The van der Waals surface area contributed by atoms with Crippen molar-refractivity contribution in [2.24, 2.45) is 0 Å². The molecule has 1 atom stereocenters. The lowest BCUT2D eigenvalue weighted by atomic mass is 10.1. The molecule has 1 unspecified atom stereocenters. The van der Waals surface area contributed by atoms with Crippen molar-refractivity contribution in [1.82, 2.24) is 10.6 Å². The zero-order valence-electron chi connectivity index (χ0n) is 11.0. The molecule has 2 rings (SSSR count). The third-order valence-corrected chi connectivity index (χ3v) is 4.16. The van der Waals surface area contributed by atoms with Crippen molar-refractivity contribution in [2.75, 3.05) is 24.6 Å². The summed E-state index contributed by atoms with van der Waals surface area (Å²) in [5.74, 6) is 1.88. The Morgan fingerprint density at radius 3 is 2.80 bits per heavy atom.